The maximum absolute atomic E-state index is 6.28. The van der Waals surface area contributed by atoms with E-state index < -0.39 is 0 Å². The molecule has 1 aromatic carbocycles. The van der Waals surface area contributed by atoms with Gasteiger partial charge in [0, 0.05) is 26.1 Å². The van der Waals surface area contributed by atoms with E-state index in [4.69, 9.17) is 9.47 Å². The fourth-order valence-electron chi connectivity index (χ4n) is 3.50. The molecule has 128 valence electrons. The molecule has 0 amide bonds. The van der Waals surface area contributed by atoms with Crippen LogP contribution in [0, 0.1) is 6.92 Å². The molecule has 0 radical (unpaired) electrons. The van der Waals surface area contributed by atoms with Gasteiger partial charge in [-0.1, -0.05) is 23.7 Å². The van der Waals surface area contributed by atoms with E-state index in [1.54, 1.807) is 0 Å². The Bertz CT molecular complexity index is 640. The second-order valence-electron chi connectivity index (χ2n) is 7.28. The van der Waals surface area contributed by atoms with Crippen molar-refractivity contribution >= 4 is 7.85 Å². The van der Waals surface area contributed by atoms with Crippen LogP contribution in [0.4, 0.5) is 0 Å². The highest BCUT2D eigenvalue weighted by atomic mass is 16.5. The molecule has 1 aliphatic carbocycles. The van der Waals surface area contributed by atoms with Gasteiger partial charge in [-0.15, -0.1) is 0 Å². The predicted molar refractivity (Wildman–Crippen MR) is 101 cm³/mol. The highest BCUT2D eigenvalue weighted by Gasteiger charge is 2.35. The standard InChI is InChI=1S/C20H28BNO2/c1-16-6-5-7-17(14-16)24-20(2)10-11-22(15-20)12-13-23-19-9-4-3-8-18(19)21/h5-9,14H,3-4,10-13,15,21H2,1-2H3. The molecule has 1 aliphatic heterocycles. The fourth-order valence-corrected chi connectivity index (χ4v) is 3.50. The molecular weight excluding hydrogens is 297 g/mol. The van der Waals surface area contributed by atoms with Crippen LogP contribution in [0.5, 0.6) is 5.75 Å². The van der Waals surface area contributed by atoms with Crippen LogP contribution in [-0.4, -0.2) is 44.6 Å². The Morgan fingerprint density at radius 3 is 2.88 bits per heavy atom. The fraction of sp³-hybridized carbons (Fsp3) is 0.500. The largest absolute Gasteiger partial charge is 0.493 e. The molecule has 0 saturated carbocycles. The summed E-state index contributed by atoms with van der Waals surface area (Å²) in [5, 5.41) is 0. The Hall–Kier alpha value is -1.68. The molecule has 1 aromatic rings. The van der Waals surface area contributed by atoms with Crippen LogP contribution in [-0.2, 0) is 4.74 Å². The highest BCUT2D eigenvalue weighted by Crippen LogP contribution is 2.28. The van der Waals surface area contributed by atoms with Gasteiger partial charge in [-0.2, -0.15) is 0 Å². The first-order valence-electron chi connectivity index (χ1n) is 9.02. The number of rotatable bonds is 6. The van der Waals surface area contributed by atoms with E-state index in [1.807, 2.05) is 0 Å². The Morgan fingerprint density at radius 1 is 1.25 bits per heavy atom. The van der Waals surface area contributed by atoms with Crippen LogP contribution >= 0.6 is 0 Å². The van der Waals surface area contributed by atoms with Crippen molar-refractivity contribution in [3.8, 4) is 5.75 Å². The van der Waals surface area contributed by atoms with Gasteiger partial charge >= 0.3 is 0 Å². The van der Waals surface area contributed by atoms with Crippen molar-refractivity contribution in [2.24, 2.45) is 0 Å². The van der Waals surface area contributed by atoms with Gasteiger partial charge in [0.15, 0.2) is 0 Å². The maximum Gasteiger partial charge on any atom is 0.143 e. The van der Waals surface area contributed by atoms with Crippen LogP contribution in [0.3, 0.4) is 0 Å². The van der Waals surface area contributed by atoms with Gasteiger partial charge in [-0.05, 0) is 50.5 Å². The number of hydrogen-bond donors (Lipinski definition) is 0. The summed E-state index contributed by atoms with van der Waals surface area (Å²) >= 11 is 0. The molecule has 1 atom stereocenters. The molecule has 3 rings (SSSR count). The van der Waals surface area contributed by atoms with Crippen molar-refractivity contribution < 1.29 is 9.47 Å². The lowest BCUT2D eigenvalue weighted by atomic mass is 9.89. The minimum atomic E-state index is -0.103. The lowest BCUT2D eigenvalue weighted by Gasteiger charge is -2.27. The average Bonchev–Trinajstić information content (AvgIpc) is 2.90. The zero-order chi connectivity index (χ0) is 17.0. The van der Waals surface area contributed by atoms with Gasteiger partial charge in [0.1, 0.15) is 31.6 Å². The summed E-state index contributed by atoms with van der Waals surface area (Å²) in [4.78, 5) is 2.44. The van der Waals surface area contributed by atoms with Gasteiger partial charge in [-0.3, -0.25) is 4.90 Å². The number of allylic oxidation sites excluding steroid dienone is 3. The normalized spacial score (nSPS) is 24.4. The second-order valence-corrected chi connectivity index (χ2v) is 7.28. The maximum atomic E-state index is 6.28. The molecule has 0 bridgehead atoms. The molecule has 1 unspecified atom stereocenters. The molecule has 1 fully saturated rings. The molecule has 0 spiro atoms. The van der Waals surface area contributed by atoms with Crippen LogP contribution < -0.4 is 4.74 Å². The zero-order valence-corrected chi connectivity index (χ0v) is 15.2. The zero-order valence-electron chi connectivity index (χ0n) is 15.2. The van der Waals surface area contributed by atoms with E-state index in [0.29, 0.717) is 0 Å². The van der Waals surface area contributed by atoms with Gasteiger partial charge in [0.05, 0.1) is 0 Å². The Balaban J connectivity index is 1.46. The number of benzene rings is 1. The first-order chi connectivity index (χ1) is 11.5. The monoisotopic (exact) mass is 325 g/mol. The van der Waals surface area contributed by atoms with Crippen LogP contribution in [0.15, 0.2) is 47.6 Å². The van der Waals surface area contributed by atoms with Crippen molar-refractivity contribution in [2.75, 3.05) is 26.2 Å². The Labute approximate surface area is 146 Å². The third-order valence-electron chi connectivity index (χ3n) is 4.87. The smallest absolute Gasteiger partial charge is 0.143 e. The molecule has 1 saturated heterocycles. The van der Waals surface area contributed by atoms with Crippen LogP contribution in [0.25, 0.3) is 0 Å². The van der Waals surface area contributed by atoms with Gasteiger partial charge < -0.3 is 9.47 Å². The van der Waals surface area contributed by atoms with Crippen LogP contribution in [0.1, 0.15) is 31.7 Å². The molecule has 2 aliphatic rings. The summed E-state index contributed by atoms with van der Waals surface area (Å²) in [6.07, 6.45) is 7.77. The number of nitrogens with zero attached hydrogens (tertiary/aromatic N) is 1. The van der Waals surface area contributed by atoms with E-state index in [-0.39, 0.29) is 5.60 Å². The van der Waals surface area contributed by atoms with E-state index in [9.17, 15) is 0 Å². The van der Waals surface area contributed by atoms with Crippen molar-refractivity contribution in [2.45, 2.75) is 38.7 Å². The summed E-state index contributed by atoms with van der Waals surface area (Å²) in [6.45, 7) is 8.04. The lowest BCUT2D eigenvalue weighted by molar-refractivity contribution is 0.0904. The molecule has 3 nitrogen and oxygen atoms in total. The molecule has 0 N–H and O–H groups in total. The second kappa shape index (κ2) is 7.48. The molecule has 0 aromatic heterocycles. The van der Waals surface area contributed by atoms with Crippen LogP contribution in [0.2, 0.25) is 0 Å². The number of likely N-dealkylation sites (tertiary alicyclic amines) is 1. The summed E-state index contributed by atoms with van der Waals surface area (Å²) in [5.74, 6) is 2.04. The van der Waals surface area contributed by atoms with Gasteiger partial charge in [-0.25, -0.2) is 0 Å². The average molecular weight is 325 g/mol. The summed E-state index contributed by atoms with van der Waals surface area (Å²) in [7, 11) is 2.13. The summed E-state index contributed by atoms with van der Waals surface area (Å²) in [5.41, 5.74) is 2.41. The lowest BCUT2D eigenvalue weighted by Crippen LogP contribution is -2.37. The van der Waals surface area contributed by atoms with E-state index in [2.05, 4.69) is 63.0 Å². The predicted octanol–water partition coefficient (Wildman–Crippen LogP) is 3.05. The highest BCUT2D eigenvalue weighted by molar-refractivity contribution is 6.24. The minimum absolute atomic E-state index is 0.103. The first-order valence-corrected chi connectivity index (χ1v) is 9.02. The quantitative estimate of drug-likeness (QED) is 0.751. The number of hydrogen-bond acceptors (Lipinski definition) is 3. The molecule has 4 heteroatoms. The van der Waals surface area contributed by atoms with Gasteiger partial charge in [0.2, 0.25) is 0 Å². The molecule has 24 heavy (non-hydrogen) atoms. The van der Waals surface area contributed by atoms with Crippen molar-refractivity contribution in [1.82, 2.24) is 4.90 Å². The van der Waals surface area contributed by atoms with Crippen molar-refractivity contribution in [1.29, 1.82) is 0 Å². The van der Waals surface area contributed by atoms with E-state index in [0.717, 1.165) is 57.0 Å². The SMILES string of the molecule is BC1=CCCC=C1OCCN1CCC(C)(Oc2cccc(C)c2)C1. The molecule has 1 heterocycles. The number of aryl methyl sites for hydroxylation is 1. The first kappa shape index (κ1) is 17.2. The van der Waals surface area contributed by atoms with Gasteiger partial charge in [0.25, 0.3) is 0 Å². The summed E-state index contributed by atoms with van der Waals surface area (Å²) in [6, 6.07) is 8.32. The summed E-state index contributed by atoms with van der Waals surface area (Å²) < 4.78 is 12.3. The van der Waals surface area contributed by atoms with Crippen molar-refractivity contribution in [3.63, 3.8) is 0 Å². The number of ether oxygens (including phenoxy) is 2. The molecular formula is C20H28BNO2. The van der Waals surface area contributed by atoms with E-state index in [1.165, 1.54) is 11.0 Å². The third-order valence-corrected chi connectivity index (χ3v) is 4.87. The topological polar surface area (TPSA) is 21.7 Å². The van der Waals surface area contributed by atoms with E-state index >= 15 is 0 Å². The van der Waals surface area contributed by atoms with Crippen molar-refractivity contribution in [3.05, 3.63) is 53.2 Å². The third kappa shape index (κ3) is 4.44. The minimum Gasteiger partial charge on any atom is -0.493 e. The Morgan fingerprint density at radius 2 is 2.08 bits per heavy atom. The Kier molecular flexibility index (Phi) is 5.35.